The van der Waals surface area contributed by atoms with Crippen molar-refractivity contribution < 1.29 is 9.53 Å². The van der Waals surface area contributed by atoms with Crippen LogP contribution in [0.25, 0.3) is 5.78 Å². The molecule has 1 amide bonds. The number of anilines is 1. The predicted molar refractivity (Wildman–Crippen MR) is 132 cm³/mol. The number of carbonyl (C=O) groups is 1. The number of amides is 1. The van der Waals surface area contributed by atoms with Crippen LogP contribution in [0.4, 0.5) is 5.69 Å². The van der Waals surface area contributed by atoms with Crippen molar-refractivity contribution in [1.82, 2.24) is 19.6 Å². The highest BCUT2D eigenvalue weighted by atomic mass is 35.5. The first-order chi connectivity index (χ1) is 15.9. The Hall–Kier alpha value is -2.81. The van der Waals surface area contributed by atoms with Gasteiger partial charge in [0.15, 0.2) is 0 Å². The maximum atomic E-state index is 12.5. The highest BCUT2D eigenvalue weighted by Crippen LogP contribution is 2.28. The first-order valence-corrected chi connectivity index (χ1v) is 11.8. The molecule has 0 atom stereocenters. The average Bonchev–Trinajstić information content (AvgIpc) is 3.19. The lowest BCUT2D eigenvalue weighted by molar-refractivity contribution is -0.113. The number of hydrogen-bond acceptors (Lipinski definition) is 6. The summed E-state index contributed by atoms with van der Waals surface area (Å²) in [4.78, 5) is 21.6. The molecule has 0 aliphatic heterocycles. The summed E-state index contributed by atoms with van der Waals surface area (Å²) in [6.45, 7) is 3.93. The van der Waals surface area contributed by atoms with Crippen LogP contribution in [0.5, 0.6) is 5.75 Å². The Morgan fingerprint density at radius 2 is 1.94 bits per heavy atom. The summed E-state index contributed by atoms with van der Waals surface area (Å²) in [7, 11) is 1.53. The molecule has 0 saturated carbocycles. The summed E-state index contributed by atoms with van der Waals surface area (Å²) in [5.41, 5.74) is 4.38. The van der Waals surface area contributed by atoms with Crippen molar-refractivity contribution in [3.8, 4) is 5.75 Å². The Kier molecular flexibility index (Phi) is 7.07. The third-order valence-corrected chi connectivity index (χ3v) is 6.56. The lowest BCUT2D eigenvalue weighted by atomic mass is 10.0. The summed E-state index contributed by atoms with van der Waals surface area (Å²) in [5.74, 6) is 0.925. The Balaban J connectivity index is 1.50. The number of nitrogens with zero attached hydrogens (tertiary/aromatic N) is 4. The third-order valence-electron chi connectivity index (χ3n) is 5.12. The second-order valence-electron chi connectivity index (χ2n) is 7.32. The second-order valence-corrected chi connectivity index (χ2v) is 9.10. The van der Waals surface area contributed by atoms with Gasteiger partial charge in [-0.25, -0.2) is 9.50 Å². The standard InChI is InChI=1S/C23H21Cl2N5O2S/c1-13-17(10-15-6-4-5-7-18(15)25)14(2)30-22(26-13)28-23(29-30)33-12-21(31)27-19-11-16(24)8-9-20(19)32-3/h4-9,11H,10,12H2,1-3H3,(H,27,31). The summed E-state index contributed by atoms with van der Waals surface area (Å²) in [6, 6.07) is 12.8. The minimum absolute atomic E-state index is 0.122. The number of ether oxygens (including phenoxy) is 1. The maximum absolute atomic E-state index is 12.5. The van der Waals surface area contributed by atoms with E-state index in [0.29, 0.717) is 38.8 Å². The van der Waals surface area contributed by atoms with Crippen molar-refractivity contribution >= 4 is 52.3 Å². The van der Waals surface area contributed by atoms with Crippen molar-refractivity contribution in [2.24, 2.45) is 0 Å². The quantitative estimate of drug-likeness (QED) is 0.342. The molecule has 2 heterocycles. The summed E-state index contributed by atoms with van der Waals surface area (Å²) >= 11 is 13.6. The first-order valence-electron chi connectivity index (χ1n) is 10.1. The molecule has 33 heavy (non-hydrogen) atoms. The van der Waals surface area contributed by atoms with E-state index in [1.165, 1.54) is 18.9 Å². The number of aromatic nitrogens is 4. The predicted octanol–water partition coefficient (Wildman–Crippen LogP) is 5.38. The zero-order chi connectivity index (χ0) is 23.5. The zero-order valence-electron chi connectivity index (χ0n) is 18.2. The Morgan fingerprint density at radius 3 is 2.70 bits per heavy atom. The van der Waals surface area contributed by atoms with Gasteiger partial charge in [0.2, 0.25) is 11.1 Å². The third kappa shape index (κ3) is 5.24. The van der Waals surface area contributed by atoms with Gasteiger partial charge < -0.3 is 10.1 Å². The zero-order valence-corrected chi connectivity index (χ0v) is 20.6. The van der Waals surface area contributed by atoms with Crippen LogP contribution in [-0.4, -0.2) is 38.4 Å². The number of thioether (sulfide) groups is 1. The van der Waals surface area contributed by atoms with E-state index in [4.69, 9.17) is 27.9 Å². The molecular weight excluding hydrogens is 481 g/mol. The number of halogens is 2. The molecule has 0 saturated heterocycles. The SMILES string of the molecule is COc1ccc(Cl)cc1NC(=O)CSc1nc2nc(C)c(Cc3ccccc3Cl)c(C)n2n1. The molecule has 7 nitrogen and oxygen atoms in total. The van der Waals surface area contributed by atoms with Crippen LogP contribution in [0.1, 0.15) is 22.5 Å². The fourth-order valence-corrected chi connectivity index (χ4v) is 4.43. The lowest BCUT2D eigenvalue weighted by Crippen LogP contribution is -2.14. The van der Waals surface area contributed by atoms with Crippen LogP contribution >= 0.6 is 35.0 Å². The maximum Gasteiger partial charge on any atom is 0.253 e. The first kappa shape index (κ1) is 23.4. The normalized spacial score (nSPS) is 11.1. The highest BCUT2D eigenvalue weighted by Gasteiger charge is 2.16. The van der Waals surface area contributed by atoms with Gasteiger partial charge in [0.1, 0.15) is 5.75 Å². The van der Waals surface area contributed by atoms with E-state index < -0.39 is 0 Å². The molecule has 0 unspecified atom stereocenters. The number of benzene rings is 2. The molecule has 170 valence electrons. The molecule has 4 rings (SSSR count). The number of nitrogens with one attached hydrogen (secondary N) is 1. The van der Waals surface area contributed by atoms with Gasteiger partial charge in [-0.1, -0.05) is 53.2 Å². The van der Waals surface area contributed by atoms with Crippen LogP contribution < -0.4 is 10.1 Å². The molecule has 0 spiro atoms. The van der Waals surface area contributed by atoms with Crippen LogP contribution in [0, 0.1) is 13.8 Å². The molecule has 4 aromatic rings. The molecule has 1 N–H and O–H groups in total. The molecule has 10 heteroatoms. The number of methoxy groups -OCH3 is 1. The number of hydrogen-bond donors (Lipinski definition) is 1. The van der Waals surface area contributed by atoms with Gasteiger partial charge in [0.05, 0.1) is 18.6 Å². The van der Waals surface area contributed by atoms with E-state index in [-0.39, 0.29) is 11.7 Å². The molecule has 0 bridgehead atoms. The number of carbonyl (C=O) groups excluding carboxylic acids is 1. The van der Waals surface area contributed by atoms with Crippen molar-refractivity contribution in [3.05, 3.63) is 75.0 Å². The number of fused-ring (bicyclic) bond motifs is 1. The molecule has 0 aliphatic rings. The molecule has 2 aromatic carbocycles. The fraction of sp³-hybridized carbons (Fsp3) is 0.217. The van der Waals surface area contributed by atoms with Gasteiger partial charge >= 0.3 is 0 Å². The van der Waals surface area contributed by atoms with E-state index in [9.17, 15) is 4.79 Å². The van der Waals surface area contributed by atoms with E-state index in [0.717, 1.165) is 22.5 Å². The fourth-order valence-electron chi connectivity index (χ4n) is 3.43. The monoisotopic (exact) mass is 501 g/mol. The van der Waals surface area contributed by atoms with Crippen LogP contribution in [-0.2, 0) is 11.2 Å². The van der Waals surface area contributed by atoms with E-state index in [1.54, 1.807) is 22.7 Å². The Bertz CT molecular complexity index is 1340. The summed E-state index contributed by atoms with van der Waals surface area (Å²) in [5, 5.41) is 9.05. The van der Waals surface area contributed by atoms with E-state index in [2.05, 4.69) is 20.4 Å². The summed E-state index contributed by atoms with van der Waals surface area (Å²) < 4.78 is 6.97. The summed E-state index contributed by atoms with van der Waals surface area (Å²) in [6.07, 6.45) is 0.645. The lowest BCUT2D eigenvalue weighted by Gasteiger charge is -2.11. The van der Waals surface area contributed by atoms with Gasteiger partial charge in [-0.2, -0.15) is 4.98 Å². The Labute approximate surface area is 205 Å². The van der Waals surface area contributed by atoms with Crippen molar-refractivity contribution in [3.63, 3.8) is 0 Å². The molecule has 2 aromatic heterocycles. The van der Waals surface area contributed by atoms with Crippen molar-refractivity contribution in [2.45, 2.75) is 25.4 Å². The highest BCUT2D eigenvalue weighted by molar-refractivity contribution is 7.99. The van der Waals surface area contributed by atoms with E-state index in [1.807, 2.05) is 38.1 Å². The largest absolute Gasteiger partial charge is 0.495 e. The van der Waals surface area contributed by atoms with Crippen LogP contribution in [0.15, 0.2) is 47.6 Å². The van der Waals surface area contributed by atoms with Crippen LogP contribution in [0.2, 0.25) is 10.0 Å². The Morgan fingerprint density at radius 1 is 1.15 bits per heavy atom. The van der Waals surface area contributed by atoms with Gasteiger partial charge in [-0.15, -0.1) is 5.10 Å². The van der Waals surface area contributed by atoms with Gasteiger partial charge in [-0.3, -0.25) is 4.79 Å². The molecule has 0 radical (unpaired) electrons. The minimum atomic E-state index is -0.223. The van der Waals surface area contributed by atoms with Gasteiger partial charge in [0.25, 0.3) is 5.78 Å². The van der Waals surface area contributed by atoms with E-state index >= 15 is 0 Å². The molecular formula is C23H21Cl2N5O2S. The number of aryl methyl sites for hydroxylation is 2. The number of rotatable bonds is 7. The van der Waals surface area contributed by atoms with Crippen LogP contribution in [0.3, 0.4) is 0 Å². The van der Waals surface area contributed by atoms with Crippen molar-refractivity contribution in [2.75, 3.05) is 18.2 Å². The smallest absolute Gasteiger partial charge is 0.253 e. The molecule has 0 aliphatic carbocycles. The van der Waals surface area contributed by atoms with Crippen molar-refractivity contribution in [1.29, 1.82) is 0 Å². The van der Waals surface area contributed by atoms with Gasteiger partial charge in [0, 0.05) is 27.9 Å². The average molecular weight is 502 g/mol. The minimum Gasteiger partial charge on any atom is -0.495 e. The van der Waals surface area contributed by atoms with Gasteiger partial charge in [-0.05, 0) is 49.2 Å². The second kappa shape index (κ2) is 9.99. The molecule has 0 fully saturated rings. The topological polar surface area (TPSA) is 81.4 Å².